The molecular weight excluding hydrogens is 254 g/mol. The molecule has 0 fully saturated rings. The van der Waals surface area contributed by atoms with Crippen LogP contribution in [0.4, 0.5) is 0 Å². The molecule has 0 radical (unpaired) electrons. The lowest BCUT2D eigenvalue weighted by atomic mass is 10.0. The molecule has 2 N–H and O–H groups in total. The fourth-order valence-corrected chi connectivity index (χ4v) is 2.08. The minimum absolute atomic E-state index is 0.155. The lowest BCUT2D eigenvalue weighted by molar-refractivity contribution is 0.287. The molecule has 0 bridgehead atoms. The van der Waals surface area contributed by atoms with E-state index < -0.39 is 0 Å². The van der Waals surface area contributed by atoms with Gasteiger partial charge in [0.05, 0.1) is 25.5 Å². The summed E-state index contributed by atoms with van der Waals surface area (Å²) in [5, 5.41) is 0. The summed E-state index contributed by atoms with van der Waals surface area (Å²) in [7, 11) is 0. The predicted octanol–water partition coefficient (Wildman–Crippen LogP) is 3.32. The number of furan rings is 1. The summed E-state index contributed by atoms with van der Waals surface area (Å²) in [5.74, 6) is 2.32. The van der Waals surface area contributed by atoms with Gasteiger partial charge < -0.3 is 19.6 Å². The number of hydrogen-bond donors (Lipinski definition) is 1. The first-order valence-corrected chi connectivity index (χ1v) is 6.92. The van der Waals surface area contributed by atoms with Crippen molar-refractivity contribution in [3.05, 3.63) is 47.9 Å². The molecule has 0 aliphatic rings. The Labute approximate surface area is 119 Å². The highest BCUT2D eigenvalue weighted by molar-refractivity contribution is 5.43. The van der Waals surface area contributed by atoms with Crippen LogP contribution in [-0.2, 0) is 6.42 Å². The minimum Gasteiger partial charge on any atom is -0.490 e. The molecule has 4 heteroatoms. The molecule has 1 atom stereocenters. The van der Waals surface area contributed by atoms with E-state index in [1.807, 2.05) is 44.2 Å². The van der Waals surface area contributed by atoms with Crippen LogP contribution in [0.25, 0.3) is 0 Å². The van der Waals surface area contributed by atoms with Gasteiger partial charge in [-0.2, -0.15) is 0 Å². The zero-order valence-electron chi connectivity index (χ0n) is 12.0. The Morgan fingerprint density at radius 2 is 1.85 bits per heavy atom. The second-order valence-corrected chi connectivity index (χ2v) is 4.47. The lowest BCUT2D eigenvalue weighted by Crippen LogP contribution is -2.12. The fraction of sp³-hybridized carbons (Fsp3) is 0.375. The third kappa shape index (κ3) is 3.54. The summed E-state index contributed by atoms with van der Waals surface area (Å²) in [5.41, 5.74) is 7.22. The van der Waals surface area contributed by atoms with Crippen molar-refractivity contribution in [1.82, 2.24) is 0 Å². The highest BCUT2D eigenvalue weighted by Crippen LogP contribution is 2.30. The van der Waals surface area contributed by atoms with Gasteiger partial charge in [-0.15, -0.1) is 0 Å². The summed E-state index contributed by atoms with van der Waals surface area (Å²) in [6.07, 6.45) is 2.33. The van der Waals surface area contributed by atoms with Crippen LogP contribution in [0.1, 0.15) is 31.2 Å². The van der Waals surface area contributed by atoms with Gasteiger partial charge in [-0.3, -0.25) is 0 Å². The third-order valence-electron chi connectivity index (χ3n) is 2.97. The van der Waals surface area contributed by atoms with E-state index in [1.165, 1.54) is 0 Å². The van der Waals surface area contributed by atoms with Gasteiger partial charge in [0, 0.05) is 0 Å². The molecule has 1 unspecified atom stereocenters. The van der Waals surface area contributed by atoms with Crippen LogP contribution >= 0.6 is 0 Å². The summed E-state index contributed by atoms with van der Waals surface area (Å²) in [6, 6.07) is 9.51. The molecule has 0 amide bonds. The average molecular weight is 275 g/mol. The van der Waals surface area contributed by atoms with Gasteiger partial charge in [0.1, 0.15) is 5.76 Å². The molecule has 1 aromatic carbocycles. The Kier molecular flexibility index (Phi) is 5.07. The van der Waals surface area contributed by atoms with E-state index in [0.717, 1.165) is 22.8 Å². The monoisotopic (exact) mass is 275 g/mol. The van der Waals surface area contributed by atoms with Gasteiger partial charge in [-0.05, 0) is 50.1 Å². The first-order valence-electron chi connectivity index (χ1n) is 6.92. The van der Waals surface area contributed by atoms with Crippen molar-refractivity contribution in [1.29, 1.82) is 0 Å². The van der Waals surface area contributed by atoms with Crippen molar-refractivity contribution >= 4 is 0 Å². The smallest absolute Gasteiger partial charge is 0.161 e. The Morgan fingerprint density at radius 1 is 1.10 bits per heavy atom. The summed E-state index contributed by atoms with van der Waals surface area (Å²) in [6.45, 7) is 5.13. The van der Waals surface area contributed by atoms with Crippen molar-refractivity contribution in [3.8, 4) is 11.5 Å². The molecule has 0 aliphatic carbocycles. The van der Waals surface area contributed by atoms with Crippen LogP contribution in [0.15, 0.2) is 41.0 Å². The molecule has 2 aromatic rings. The highest BCUT2D eigenvalue weighted by atomic mass is 16.5. The van der Waals surface area contributed by atoms with Gasteiger partial charge in [0.15, 0.2) is 11.5 Å². The van der Waals surface area contributed by atoms with Gasteiger partial charge in [0.2, 0.25) is 0 Å². The van der Waals surface area contributed by atoms with Gasteiger partial charge in [-0.1, -0.05) is 6.07 Å². The van der Waals surface area contributed by atoms with E-state index in [2.05, 4.69) is 0 Å². The van der Waals surface area contributed by atoms with Crippen molar-refractivity contribution in [2.45, 2.75) is 26.3 Å². The largest absolute Gasteiger partial charge is 0.490 e. The Bertz CT molecular complexity index is 523. The molecule has 2 rings (SSSR count). The topological polar surface area (TPSA) is 57.6 Å². The number of nitrogens with two attached hydrogens (primary N) is 1. The number of benzene rings is 1. The zero-order chi connectivity index (χ0) is 14.4. The minimum atomic E-state index is -0.155. The van der Waals surface area contributed by atoms with Gasteiger partial charge >= 0.3 is 0 Å². The van der Waals surface area contributed by atoms with Gasteiger partial charge in [0.25, 0.3) is 0 Å². The van der Waals surface area contributed by atoms with Crippen molar-refractivity contribution in [2.24, 2.45) is 5.73 Å². The maximum atomic E-state index is 6.13. The number of ether oxygens (including phenoxy) is 2. The second-order valence-electron chi connectivity index (χ2n) is 4.47. The molecule has 0 spiro atoms. The molecule has 0 saturated carbocycles. The lowest BCUT2D eigenvalue weighted by Gasteiger charge is -2.14. The Hall–Kier alpha value is -1.94. The van der Waals surface area contributed by atoms with Crippen LogP contribution in [0.5, 0.6) is 11.5 Å². The van der Waals surface area contributed by atoms with Crippen LogP contribution < -0.4 is 15.2 Å². The van der Waals surface area contributed by atoms with E-state index in [-0.39, 0.29) is 6.04 Å². The molecule has 0 aliphatic heterocycles. The maximum Gasteiger partial charge on any atom is 0.161 e. The SMILES string of the molecule is CCOc1ccc(CC(N)c2ccco2)cc1OCC. The molecule has 4 nitrogen and oxygen atoms in total. The molecule has 108 valence electrons. The zero-order valence-corrected chi connectivity index (χ0v) is 12.0. The van der Waals surface area contributed by atoms with Crippen molar-refractivity contribution in [2.75, 3.05) is 13.2 Å². The first-order chi connectivity index (χ1) is 9.74. The van der Waals surface area contributed by atoms with E-state index in [9.17, 15) is 0 Å². The van der Waals surface area contributed by atoms with Crippen LogP contribution in [-0.4, -0.2) is 13.2 Å². The second kappa shape index (κ2) is 7.01. The first kappa shape index (κ1) is 14.5. The van der Waals surface area contributed by atoms with Crippen LogP contribution in [0, 0.1) is 0 Å². The average Bonchev–Trinajstić information content (AvgIpc) is 2.96. The molecule has 20 heavy (non-hydrogen) atoms. The van der Waals surface area contributed by atoms with Crippen molar-refractivity contribution in [3.63, 3.8) is 0 Å². The van der Waals surface area contributed by atoms with E-state index in [1.54, 1.807) is 6.26 Å². The normalized spacial score (nSPS) is 12.2. The summed E-state index contributed by atoms with van der Waals surface area (Å²) < 4.78 is 16.5. The Balaban J connectivity index is 2.13. The summed E-state index contributed by atoms with van der Waals surface area (Å²) >= 11 is 0. The standard InChI is InChI=1S/C16H21NO3/c1-3-18-15-8-7-12(11-16(15)19-4-2)10-13(17)14-6-5-9-20-14/h5-9,11,13H,3-4,10,17H2,1-2H3. The van der Waals surface area contributed by atoms with E-state index in [0.29, 0.717) is 19.6 Å². The molecule has 0 saturated heterocycles. The maximum absolute atomic E-state index is 6.13. The van der Waals surface area contributed by atoms with E-state index in [4.69, 9.17) is 19.6 Å². The quantitative estimate of drug-likeness (QED) is 0.842. The van der Waals surface area contributed by atoms with E-state index >= 15 is 0 Å². The third-order valence-corrected chi connectivity index (χ3v) is 2.97. The highest BCUT2D eigenvalue weighted by Gasteiger charge is 2.12. The Morgan fingerprint density at radius 3 is 2.50 bits per heavy atom. The number of rotatable bonds is 7. The van der Waals surface area contributed by atoms with Gasteiger partial charge in [-0.25, -0.2) is 0 Å². The van der Waals surface area contributed by atoms with Crippen LogP contribution in [0.3, 0.4) is 0 Å². The number of hydrogen-bond acceptors (Lipinski definition) is 4. The summed E-state index contributed by atoms with van der Waals surface area (Å²) in [4.78, 5) is 0. The fourth-order valence-electron chi connectivity index (χ4n) is 2.08. The molecule has 1 heterocycles. The van der Waals surface area contributed by atoms with Crippen molar-refractivity contribution < 1.29 is 13.9 Å². The predicted molar refractivity (Wildman–Crippen MR) is 78.1 cm³/mol. The van der Waals surface area contributed by atoms with Crippen LogP contribution in [0.2, 0.25) is 0 Å². The molecular formula is C16H21NO3. The molecule has 1 aromatic heterocycles.